The van der Waals surface area contributed by atoms with Crippen LogP contribution in [0.3, 0.4) is 0 Å². The molecule has 0 atom stereocenters. The van der Waals surface area contributed by atoms with Gasteiger partial charge in [-0.05, 0) is 28.5 Å². The van der Waals surface area contributed by atoms with Crippen molar-refractivity contribution in [1.29, 1.82) is 0 Å². The highest BCUT2D eigenvalue weighted by molar-refractivity contribution is 7.13. The highest BCUT2D eigenvalue weighted by atomic mass is 32.1. The van der Waals surface area contributed by atoms with E-state index < -0.39 is 0 Å². The number of thiophene rings is 1. The molecule has 0 nitrogen and oxygen atoms in total. The van der Waals surface area contributed by atoms with Gasteiger partial charge >= 0.3 is 0 Å². The summed E-state index contributed by atoms with van der Waals surface area (Å²) in [6, 6.07) is 9.35. The Balaban J connectivity index is 2.67. The first kappa shape index (κ1) is 11.3. The minimum Gasteiger partial charge on any atom is -0.207 e. The van der Waals surface area contributed by atoms with Gasteiger partial charge in [-0.25, -0.2) is 4.39 Å². The summed E-state index contributed by atoms with van der Waals surface area (Å²) in [5.74, 6) is -0.113. The van der Waals surface area contributed by atoms with Crippen LogP contribution in [0.5, 0.6) is 0 Å². The molecule has 0 amide bonds. The number of benzene rings is 1. The van der Waals surface area contributed by atoms with Crippen LogP contribution < -0.4 is 0 Å². The zero-order chi connectivity index (χ0) is 11.8. The summed E-state index contributed by atoms with van der Waals surface area (Å²) in [5.41, 5.74) is 1.64. The van der Waals surface area contributed by atoms with E-state index in [1.54, 1.807) is 17.4 Å². The highest BCUT2D eigenvalue weighted by Gasteiger charge is 2.22. The Hall–Kier alpha value is -1.15. The molecule has 0 fully saturated rings. The molecule has 2 heteroatoms. The molecule has 16 heavy (non-hydrogen) atoms. The molecular formula is C14H15FS. The molecule has 0 aliphatic carbocycles. The molecule has 0 spiro atoms. The lowest BCUT2D eigenvalue weighted by Gasteiger charge is -2.23. The van der Waals surface area contributed by atoms with Crippen LogP contribution in [0.4, 0.5) is 4.39 Å². The van der Waals surface area contributed by atoms with E-state index in [1.165, 1.54) is 6.07 Å². The second-order valence-electron chi connectivity index (χ2n) is 4.89. The van der Waals surface area contributed by atoms with Crippen LogP contribution in [-0.2, 0) is 5.41 Å². The van der Waals surface area contributed by atoms with Crippen LogP contribution in [0.1, 0.15) is 26.3 Å². The number of halogens is 1. The minimum absolute atomic E-state index is 0.113. The van der Waals surface area contributed by atoms with Crippen LogP contribution in [0.25, 0.3) is 10.4 Å². The van der Waals surface area contributed by atoms with Crippen LogP contribution in [0, 0.1) is 5.82 Å². The maximum atomic E-state index is 13.9. The summed E-state index contributed by atoms with van der Waals surface area (Å²) in [4.78, 5) is 1.13. The fourth-order valence-electron chi connectivity index (χ4n) is 1.92. The summed E-state index contributed by atoms with van der Waals surface area (Å²) in [7, 11) is 0. The molecule has 0 bridgehead atoms. The van der Waals surface area contributed by atoms with E-state index in [9.17, 15) is 4.39 Å². The third-order valence-electron chi connectivity index (χ3n) is 2.55. The lowest BCUT2D eigenvalue weighted by molar-refractivity contribution is 0.525. The van der Waals surface area contributed by atoms with Crippen molar-refractivity contribution in [2.75, 3.05) is 0 Å². The molecule has 0 saturated carbocycles. The van der Waals surface area contributed by atoms with E-state index in [-0.39, 0.29) is 11.2 Å². The van der Waals surface area contributed by atoms with E-state index >= 15 is 0 Å². The predicted octanol–water partition coefficient (Wildman–Crippen LogP) is 4.85. The van der Waals surface area contributed by atoms with Crippen LogP contribution in [0.15, 0.2) is 35.7 Å². The van der Waals surface area contributed by atoms with Gasteiger partial charge in [0.15, 0.2) is 0 Å². The summed E-state index contributed by atoms with van der Waals surface area (Å²) >= 11 is 1.65. The van der Waals surface area contributed by atoms with Crippen molar-refractivity contribution in [3.63, 3.8) is 0 Å². The van der Waals surface area contributed by atoms with Crippen molar-refractivity contribution in [3.05, 3.63) is 47.1 Å². The van der Waals surface area contributed by atoms with Crippen molar-refractivity contribution in [2.45, 2.75) is 26.2 Å². The maximum absolute atomic E-state index is 13.9. The molecule has 0 radical (unpaired) electrons. The van der Waals surface area contributed by atoms with Gasteiger partial charge in [0, 0.05) is 10.4 Å². The topological polar surface area (TPSA) is 0 Å². The van der Waals surface area contributed by atoms with Gasteiger partial charge in [-0.15, -0.1) is 11.3 Å². The molecule has 1 aromatic carbocycles. The zero-order valence-corrected chi connectivity index (χ0v) is 10.6. The highest BCUT2D eigenvalue weighted by Crippen LogP contribution is 2.36. The van der Waals surface area contributed by atoms with Gasteiger partial charge in [-0.3, -0.25) is 0 Å². The average Bonchev–Trinajstić information content (AvgIpc) is 2.67. The summed E-state index contributed by atoms with van der Waals surface area (Å²) < 4.78 is 13.9. The average molecular weight is 234 g/mol. The number of hydrogen-bond acceptors (Lipinski definition) is 1. The van der Waals surface area contributed by atoms with E-state index in [0.29, 0.717) is 0 Å². The van der Waals surface area contributed by atoms with Gasteiger partial charge < -0.3 is 0 Å². The van der Waals surface area contributed by atoms with Crippen LogP contribution >= 0.6 is 11.3 Å². The lowest BCUT2D eigenvalue weighted by atomic mass is 9.83. The van der Waals surface area contributed by atoms with Crippen molar-refractivity contribution < 1.29 is 4.39 Å². The molecule has 2 rings (SSSR count). The van der Waals surface area contributed by atoms with E-state index in [0.717, 1.165) is 16.0 Å². The molecule has 0 N–H and O–H groups in total. The molecule has 0 aliphatic heterocycles. The van der Waals surface area contributed by atoms with Crippen LogP contribution in [0.2, 0.25) is 0 Å². The first-order chi connectivity index (χ1) is 7.50. The Morgan fingerprint density at radius 3 is 2.38 bits per heavy atom. The summed E-state index contributed by atoms with van der Waals surface area (Å²) in [6.45, 7) is 6.13. The van der Waals surface area contributed by atoms with Gasteiger partial charge in [0.1, 0.15) is 5.82 Å². The smallest absolute Gasteiger partial charge is 0.127 e. The normalized spacial score (nSPS) is 11.8. The van der Waals surface area contributed by atoms with E-state index in [1.807, 2.05) is 44.4 Å². The molecule has 2 aromatic rings. The molecule has 0 saturated heterocycles. The molecule has 1 aromatic heterocycles. The van der Waals surface area contributed by atoms with Gasteiger partial charge in [-0.1, -0.05) is 39.0 Å². The SMILES string of the molecule is CC(C)(C)c1c(F)cccc1-c1cccs1. The molecular weight excluding hydrogens is 219 g/mol. The maximum Gasteiger partial charge on any atom is 0.127 e. The summed E-state index contributed by atoms with van der Waals surface area (Å²) in [5, 5.41) is 2.02. The van der Waals surface area contributed by atoms with Gasteiger partial charge in [-0.2, -0.15) is 0 Å². The van der Waals surface area contributed by atoms with Crippen molar-refractivity contribution >= 4 is 11.3 Å². The third-order valence-corrected chi connectivity index (χ3v) is 3.45. The number of hydrogen-bond donors (Lipinski definition) is 0. The second kappa shape index (κ2) is 4.02. The van der Waals surface area contributed by atoms with Crippen molar-refractivity contribution in [1.82, 2.24) is 0 Å². The fraction of sp³-hybridized carbons (Fsp3) is 0.286. The van der Waals surface area contributed by atoms with Gasteiger partial charge in [0.25, 0.3) is 0 Å². The van der Waals surface area contributed by atoms with Gasteiger partial charge in [0.2, 0.25) is 0 Å². The first-order valence-electron chi connectivity index (χ1n) is 5.33. The standard InChI is InChI=1S/C14H15FS/c1-14(2,3)13-10(6-4-7-11(13)15)12-8-5-9-16-12/h4-9H,1-3H3. The van der Waals surface area contributed by atoms with E-state index in [2.05, 4.69) is 0 Å². The molecule has 84 valence electrons. The quantitative estimate of drug-likeness (QED) is 0.661. The fourth-order valence-corrected chi connectivity index (χ4v) is 2.68. The van der Waals surface area contributed by atoms with Crippen molar-refractivity contribution in [3.8, 4) is 10.4 Å². The Morgan fingerprint density at radius 1 is 1.06 bits per heavy atom. The Labute approximate surface area is 99.8 Å². The minimum atomic E-state index is -0.176. The first-order valence-corrected chi connectivity index (χ1v) is 6.21. The monoisotopic (exact) mass is 234 g/mol. The summed E-state index contributed by atoms with van der Waals surface area (Å²) in [6.07, 6.45) is 0. The second-order valence-corrected chi connectivity index (χ2v) is 5.84. The Bertz CT molecular complexity index is 478. The third kappa shape index (κ3) is 2.03. The van der Waals surface area contributed by atoms with Crippen molar-refractivity contribution in [2.24, 2.45) is 0 Å². The molecule has 0 aliphatic rings. The Kier molecular flexibility index (Phi) is 2.85. The largest absolute Gasteiger partial charge is 0.207 e. The number of rotatable bonds is 1. The lowest BCUT2D eigenvalue weighted by Crippen LogP contribution is -2.15. The predicted molar refractivity (Wildman–Crippen MR) is 68.4 cm³/mol. The van der Waals surface area contributed by atoms with Gasteiger partial charge in [0.05, 0.1) is 0 Å². The van der Waals surface area contributed by atoms with E-state index in [4.69, 9.17) is 0 Å². The Morgan fingerprint density at radius 2 is 1.81 bits per heavy atom. The molecule has 1 heterocycles. The van der Waals surface area contributed by atoms with Crippen LogP contribution in [-0.4, -0.2) is 0 Å². The zero-order valence-electron chi connectivity index (χ0n) is 9.75. The molecule has 0 unspecified atom stereocenters.